The Bertz CT molecular complexity index is 633. The second-order valence-corrected chi connectivity index (χ2v) is 5.58. The molecular weight excluding hydrogens is 302 g/mol. The quantitative estimate of drug-likeness (QED) is 0.793. The molecule has 1 amide bonds. The molecule has 1 N–H and O–H groups in total. The molecule has 1 aromatic carbocycles. The van der Waals surface area contributed by atoms with Crippen LogP contribution in [0.5, 0.6) is 5.75 Å². The molecule has 1 heterocycles. The fourth-order valence-electron chi connectivity index (χ4n) is 2.45. The maximum atomic E-state index is 12.5. The van der Waals surface area contributed by atoms with Crippen molar-refractivity contribution in [3.8, 4) is 5.75 Å². The number of carbonyl (C=O) groups is 1. The van der Waals surface area contributed by atoms with E-state index in [2.05, 4.69) is 24.1 Å². The van der Waals surface area contributed by atoms with E-state index in [1.807, 2.05) is 41.3 Å². The van der Waals surface area contributed by atoms with Crippen molar-refractivity contribution in [2.75, 3.05) is 25.5 Å². The molecule has 2 aromatic rings. The van der Waals surface area contributed by atoms with Crippen LogP contribution in [-0.4, -0.2) is 36.0 Å². The smallest absolute Gasteiger partial charge is 0.255 e. The average molecular weight is 327 g/mol. The zero-order valence-electron chi connectivity index (χ0n) is 14.6. The first kappa shape index (κ1) is 17.8. The summed E-state index contributed by atoms with van der Waals surface area (Å²) in [6.07, 6.45) is 3.54. The van der Waals surface area contributed by atoms with Crippen LogP contribution in [0.2, 0.25) is 0 Å². The van der Waals surface area contributed by atoms with Crippen molar-refractivity contribution >= 4 is 17.4 Å². The number of nitrogens with zero attached hydrogens (tertiary/aromatic N) is 2. The highest BCUT2D eigenvalue weighted by atomic mass is 16.5. The predicted octanol–water partition coefficient (Wildman–Crippen LogP) is 4.10. The highest BCUT2D eigenvalue weighted by Gasteiger charge is 2.14. The van der Waals surface area contributed by atoms with Crippen LogP contribution in [-0.2, 0) is 0 Å². The first-order chi connectivity index (χ1) is 11.7. The van der Waals surface area contributed by atoms with Crippen LogP contribution < -0.4 is 10.1 Å². The Kier molecular flexibility index (Phi) is 6.61. The number of anilines is 2. The number of aromatic nitrogens is 1. The largest absolute Gasteiger partial charge is 0.497 e. The summed E-state index contributed by atoms with van der Waals surface area (Å²) in [5.41, 5.74) is 1.54. The van der Waals surface area contributed by atoms with Gasteiger partial charge in [-0.2, -0.15) is 0 Å². The van der Waals surface area contributed by atoms with Gasteiger partial charge in [0, 0.05) is 25.0 Å². The first-order valence-corrected chi connectivity index (χ1v) is 8.34. The van der Waals surface area contributed by atoms with Gasteiger partial charge in [-0.05, 0) is 49.2 Å². The number of hydrogen-bond acceptors (Lipinski definition) is 4. The Labute approximate surface area is 143 Å². The highest BCUT2D eigenvalue weighted by Crippen LogP contribution is 2.19. The van der Waals surface area contributed by atoms with Crippen LogP contribution in [0.3, 0.4) is 0 Å². The summed E-state index contributed by atoms with van der Waals surface area (Å²) in [6.45, 7) is 5.71. The van der Waals surface area contributed by atoms with Gasteiger partial charge in [-0.1, -0.05) is 13.8 Å². The zero-order chi connectivity index (χ0) is 17.4. The highest BCUT2D eigenvalue weighted by molar-refractivity contribution is 5.94. The lowest BCUT2D eigenvalue weighted by Crippen LogP contribution is -2.32. The van der Waals surface area contributed by atoms with E-state index in [1.54, 1.807) is 13.3 Å². The number of methoxy groups -OCH3 is 1. The van der Waals surface area contributed by atoms with Gasteiger partial charge < -0.3 is 15.0 Å². The molecule has 0 aliphatic heterocycles. The molecule has 5 heteroatoms. The normalized spacial score (nSPS) is 10.3. The van der Waals surface area contributed by atoms with Crippen molar-refractivity contribution in [2.24, 2.45) is 0 Å². The number of amides is 1. The number of hydrogen-bond donors (Lipinski definition) is 1. The van der Waals surface area contributed by atoms with Crippen LogP contribution in [0.4, 0.5) is 11.5 Å². The van der Waals surface area contributed by atoms with Gasteiger partial charge in [0.2, 0.25) is 0 Å². The van der Waals surface area contributed by atoms with Crippen molar-refractivity contribution < 1.29 is 9.53 Å². The maximum Gasteiger partial charge on any atom is 0.255 e. The number of benzene rings is 1. The van der Waals surface area contributed by atoms with E-state index < -0.39 is 0 Å². The molecule has 0 spiro atoms. The maximum absolute atomic E-state index is 12.5. The topological polar surface area (TPSA) is 54.5 Å². The third kappa shape index (κ3) is 4.72. The molecule has 0 saturated heterocycles. The van der Waals surface area contributed by atoms with Crippen LogP contribution in [0, 0.1) is 0 Å². The fourth-order valence-corrected chi connectivity index (χ4v) is 2.45. The van der Waals surface area contributed by atoms with E-state index >= 15 is 0 Å². The van der Waals surface area contributed by atoms with E-state index in [4.69, 9.17) is 4.74 Å². The summed E-state index contributed by atoms with van der Waals surface area (Å²) in [5.74, 6) is 1.55. The minimum Gasteiger partial charge on any atom is -0.497 e. The molecule has 0 unspecified atom stereocenters. The summed E-state index contributed by atoms with van der Waals surface area (Å²) in [7, 11) is 1.64. The fraction of sp³-hybridized carbons (Fsp3) is 0.368. The second-order valence-electron chi connectivity index (χ2n) is 5.58. The number of nitrogens with one attached hydrogen (secondary N) is 1. The molecule has 128 valence electrons. The van der Waals surface area contributed by atoms with Crippen LogP contribution >= 0.6 is 0 Å². The predicted molar refractivity (Wildman–Crippen MR) is 97.0 cm³/mol. The summed E-state index contributed by atoms with van der Waals surface area (Å²) < 4.78 is 5.14. The molecular formula is C19H25N3O2. The van der Waals surface area contributed by atoms with E-state index in [1.165, 1.54) is 0 Å². The van der Waals surface area contributed by atoms with Gasteiger partial charge in [0.1, 0.15) is 11.6 Å². The molecule has 0 fully saturated rings. The Morgan fingerprint density at radius 2 is 1.75 bits per heavy atom. The molecule has 0 aliphatic carbocycles. The van der Waals surface area contributed by atoms with E-state index in [0.717, 1.165) is 37.4 Å². The molecule has 0 atom stereocenters. The molecule has 1 aromatic heterocycles. The number of rotatable bonds is 8. The van der Waals surface area contributed by atoms with Crippen molar-refractivity contribution in [1.29, 1.82) is 0 Å². The molecule has 0 aliphatic rings. The Morgan fingerprint density at radius 3 is 2.25 bits per heavy atom. The monoisotopic (exact) mass is 327 g/mol. The van der Waals surface area contributed by atoms with Gasteiger partial charge in [-0.15, -0.1) is 0 Å². The van der Waals surface area contributed by atoms with Gasteiger partial charge in [0.15, 0.2) is 0 Å². The van der Waals surface area contributed by atoms with Crippen LogP contribution in [0.15, 0.2) is 42.6 Å². The van der Waals surface area contributed by atoms with Crippen molar-refractivity contribution in [3.63, 3.8) is 0 Å². The van der Waals surface area contributed by atoms with Gasteiger partial charge in [0.25, 0.3) is 5.91 Å². The first-order valence-electron chi connectivity index (χ1n) is 8.34. The van der Waals surface area contributed by atoms with E-state index in [0.29, 0.717) is 11.4 Å². The van der Waals surface area contributed by atoms with E-state index in [-0.39, 0.29) is 5.91 Å². The molecule has 5 nitrogen and oxygen atoms in total. The Hall–Kier alpha value is -2.56. The Morgan fingerprint density at radius 1 is 1.08 bits per heavy atom. The minimum absolute atomic E-state index is 0.0437. The lowest BCUT2D eigenvalue weighted by atomic mass is 10.2. The number of pyridine rings is 1. The third-order valence-electron chi connectivity index (χ3n) is 3.65. The summed E-state index contributed by atoms with van der Waals surface area (Å²) in [4.78, 5) is 18.7. The van der Waals surface area contributed by atoms with Crippen molar-refractivity contribution in [1.82, 2.24) is 9.88 Å². The summed E-state index contributed by atoms with van der Waals surface area (Å²) in [5, 5.41) is 3.21. The second kappa shape index (κ2) is 8.91. The third-order valence-corrected chi connectivity index (χ3v) is 3.65. The molecule has 2 rings (SSSR count). The zero-order valence-corrected chi connectivity index (χ0v) is 14.6. The van der Waals surface area contributed by atoms with Gasteiger partial charge in [0.05, 0.1) is 12.7 Å². The molecule has 0 saturated carbocycles. The lowest BCUT2D eigenvalue weighted by Gasteiger charge is -2.21. The lowest BCUT2D eigenvalue weighted by molar-refractivity contribution is 0.0755. The van der Waals surface area contributed by atoms with Crippen molar-refractivity contribution in [2.45, 2.75) is 26.7 Å². The molecule has 0 radical (unpaired) electrons. The average Bonchev–Trinajstić information content (AvgIpc) is 2.62. The van der Waals surface area contributed by atoms with Gasteiger partial charge >= 0.3 is 0 Å². The molecule has 24 heavy (non-hydrogen) atoms. The standard InChI is InChI=1S/C19H25N3O2/c1-4-12-22(13-5-2)19(23)15-6-11-18(20-14-15)21-16-7-9-17(24-3)10-8-16/h6-11,14H,4-5,12-13H2,1-3H3,(H,20,21). The molecule has 0 bridgehead atoms. The summed E-state index contributed by atoms with van der Waals surface area (Å²) in [6, 6.07) is 11.3. The van der Waals surface area contributed by atoms with Gasteiger partial charge in [-0.25, -0.2) is 4.98 Å². The van der Waals surface area contributed by atoms with Crippen molar-refractivity contribution in [3.05, 3.63) is 48.2 Å². The van der Waals surface area contributed by atoms with E-state index in [9.17, 15) is 4.79 Å². The van der Waals surface area contributed by atoms with Crippen LogP contribution in [0.25, 0.3) is 0 Å². The summed E-state index contributed by atoms with van der Waals surface area (Å²) >= 11 is 0. The van der Waals surface area contributed by atoms with Gasteiger partial charge in [-0.3, -0.25) is 4.79 Å². The SMILES string of the molecule is CCCN(CCC)C(=O)c1ccc(Nc2ccc(OC)cc2)nc1. The number of ether oxygens (including phenoxy) is 1. The Balaban J connectivity index is 2.04. The minimum atomic E-state index is 0.0437. The number of carbonyl (C=O) groups excluding carboxylic acids is 1. The van der Waals surface area contributed by atoms with Crippen LogP contribution in [0.1, 0.15) is 37.0 Å².